The zero-order valence-corrected chi connectivity index (χ0v) is 17.8. The van der Waals surface area contributed by atoms with Gasteiger partial charge >= 0.3 is 0 Å². The molecule has 32 heavy (non-hydrogen) atoms. The van der Waals surface area contributed by atoms with Crippen LogP contribution in [-0.4, -0.2) is 52.2 Å². The van der Waals surface area contributed by atoms with E-state index in [4.69, 9.17) is 9.47 Å². The van der Waals surface area contributed by atoms with E-state index in [0.29, 0.717) is 23.7 Å². The molecule has 4 rings (SSSR count). The number of fused-ring (bicyclic) bond motifs is 1. The highest BCUT2D eigenvalue weighted by Crippen LogP contribution is 2.32. The van der Waals surface area contributed by atoms with Gasteiger partial charge in [0.1, 0.15) is 19.2 Å². The molecule has 2 amide bonds. The Hall–Kier alpha value is -4.14. The maximum Gasteiger partial charge on any atom is 0.244 e. The maximum atomic E-state index is 12.7. The average Bonchev–Trinajstić information content (AvgIpc) is 3.25. The first-order valence-electron chi connectivity index (χ1n) is 9.99. The summed E-state index contributed by atoms with van der Waals surface area (Å²) in [6, 6.07) is 11.1. The van der Waals surface area contributed by atoms with Gasteiger partial charge in [0.15, 0.2) is 11.5 Å². The van der Waals surface area contributed by atoms with Gasteiger partial charge in [-0.1, -0.05) is 12.1 Å². The molecule has 0 saturated carbocycles. The molecule has 1 N–H and O–H groups in total. The van der Waals surface area contributed by atoms with Crippen molar-refractivity contribution < 1.29 is 19.1 Å². The standard InChI is InChI=1S/C23H23N5O4/c1-31-20-9-17-7-8-27(23(30)11-18(17)10-21(20)32-2)13-22(29)26-19-5-3-16(4-6-19)12-28-15-24-14-25-28/h3-10,14-15H,11-13H2,1-2H3,(H,26,29). The number of carbonyl (C=O) groups is 2. The van der Waals surface area contributed by atoms with Gasteiger partial charge in [0.05, 0.1) is 27.2 Å². The Bertz CT molecular complexity index is 1140. The SMILES string of the molecule is COc1cc2c(cc1OC)CC(=O)N(CC(=O)Nc1ccc(Cn3cncn3)cc1)C=C2. The van der Waals surface area contributed by atoms with Crippen LogP contribution >= 0.6 is 0 Å². The van der Waals surface area contributed by atoms with Crippen molar-refractivity contribution in [1.82, 2.24) is 19.7 Å². The topological polar surface area (TPSA) is 98.6 Å². The van der Waals surface area contributed by atoms with Crippen LogP contribution in [-0.2, 0) is 22.6 Å². The van der Waals surface area contributed by atoms with E-state index in [1.54, 1.807) is 43.6 Å². The van der Waals surface area contributed by atoms with Gasteiger partial charge in [-0.2, -0.15) is 5.10 Å². The van der Waals surface area contributed by atoms with E-state index in [9.17, 15) is 9.59 Å². The lowest BCUT2D eigenvalue weighted by molar-refractivity contribution is -0.131. The average molecular weight is 433 g/mol. The highest BCUT2D eigenvalue weighted by Gasteiger charge is 2.21. The lowest BCUT2D eigenvalue weighted by Gasteiger charge is -2.17. The molecule has 0 aliphatic carbocycles. The molecule has 1 aliphatic rings. The van der Waals surface area contributed by atoms with E-state index in [1.807, 2.05) is 30.3 Å². The van der Waals surface area contributed by atoms with Crippen LogP contribution in [0.1, 0.15) is 16.7 Å². The van der Waals surface area contributed by atoms with Gasteiger partial charge in [0, 0.05) is 11.9 Å². The molecule has 0 radical (unpaired) electrons. The summed E-state index contributed by atoms with van der Waals surface area (Å²) in [4.78, 5) is 30.6. The Morgan fingerprint density at radius 3 is 2.56 bits per heavy atom. The van der Waals surface area contributed by atoms with Crippen LogP contribution in [0.4, 0.5) is 5.69 Å². The number of hydrogen-bond acceptors (Lipinski definition) is 6. The highest BCUT2D eigenvalue weighted by atomic mass is 16.5. The van der Waals surface area contributed by atoms with Crippen molar-refractivity contribution in [3.05, 3.63) is 71.9 Å². The third-order valence-electron chi connectivity index (χ3n) is 5.10. The Balaban J connectivity index is 1.39. The molecular weight excluding hydrogens is 410 g/mol. The second-order valence-corrected chi connectivity index (χ2v) is 7.26. The van der Waals surface area contributed by atoms with E-state index in [0.717, 1.165) is 16.7 Å². The number of nitrogens with zero attached hydrogens (tertiary/aromatic N) is 4. The molecular formula is C23H23N5O4. The van der Waals surface area contributed by atoms with Crippen molar-refractivity contribution in [2.45, 2.75) is 13.0 Å². The van der Waals surface area contributed by atoms with Crippen LogP contribution in [0.3, 0.4) is 0 Å². The first-order valence-corrected chi connectivity index (χ1v) is 9.99. The number of rotatable bonds is 7. The summed E-state index contributed by atoms with van der Waals surface area (Å²) in [5.41, 5.74) is 3.35. The second kappa shape index (κ2) is 9.34. The Kier molecular flexibility index (Phi) is 6.16. The largest absolute Gasteiger partial charge is 0.493 e. The van der Waals surface area contributed by atoms with Crippen molar-refractivity contribution in [3.8, 4) is 11.5 Å². The molecule has 164 valence electrons. The minimum Gasteiger partial charge on any atom is -0.493 e. The number of methoxy groups -OCH3 is 2. The molecule has 0 saturated heterocycles. The zero-order chi connectivity index (χ0) is 22.5. The fourth-order valence-corrected chi connectivity index (χ4v) is 3.45. The quantitative estimate of drug-likeness (QED) is 0.614. The molecule has 9 heteroatoms. The Morgan fingerprint density at radius 1 is 1.12 bits per heavy atom. The summed E-state index contributed by atoms with van der Waals surface area (Å²) in [5, 5.41) is 6.91. The van der Waals surface area contributed by atoms with E-state index >= 15 is 0 Å². The zero-order valence-electron chi connectivity index (χ0n) is 17.8. The molecule has 0 atom stereocenters. The van der Waals surface area contributed by atoms with Crippen LogP contribution in [0.25, 0.3) is 6.08 Å². The summed E-state index contributed by atoms with van der Waals surface area (Å²) in [7, 11) is 3.12. The predicted octanol–water partition coefficient (Wildman–Crippen LogP) is 2.34. The molecule has 0 unspecified atom stereocenters. The van der Waals surface area contributed by atoms with Crippen molar-refractivity contribution in [2.24, 2.45) is 0 Å². The van der Waals surface area contributed by atoms with Crippen molar-refractivity contribution >= 4 is 23.6 Å². The minimum absolute atomic E-state index is 0.0850. The number of amides is 2. The number of anilines is 1. The van der Waals surface area contributed by atoms with Crippen LogP contribution in [0.15, 0.2) is 55.3 Å². The molecule has 1 aliphatic heterocycles. The monoisotopic (exact) mass is 433 g/mol. The number of ether oxygens (including phenoxy) is 2. The van der Waals surface area contributed by atoms with E-state index in [2.05, 4.69) is 15.4 Å². The van der Waals surface area contributed by atoms with Gasteiger partial charge in [0.25, 0.3) is 0 Å². The smallest absolute Gasteiger partial charge is 0.244 e. The predicted molar refractivity (Wildman–Crippen MR) is 118 cm³/mol. The van der Waals surface area contributed by atoms with E-state index < -0.39 is 0 Å². The first kappa shape index (κ1) is 21.1. The maximum absolute atomic E-state index is 12.7. The fraction of sp³-hybridized carbons (Fsp3) is 0.217. The van der Waals surface area contributed by atoms with Gasteiger partial charge in [-0.25, -0.2) is 9.67 Å². The molecule has 0 fully saturated rings. The molecule has 1 aromatic heterocycles. The Morgan fingerprint density at radius 2 is 1.88 bits per heavy atom. The third-order valence-corrected chi connectivity index (χ3v) is 5.10. The van der Waals surface area contributed by atoms with Gasteiger partial charge in [-0.3, -0.25) is 9.59 Å². The highest BCUT2D eigenvalue weighted by molar-refractivity contribution is 5.95. The molecule has 2 heterocycles. The van der Waals surface area contributed by atoms with Gasteiger partial charge in [-0.05, 0) is 47.0 Å². The van der Waals surface area contributed by atoms with Crippen LogP contribution in [0.5, 0.6) is 11.5 Å². The number of aromatic nitrogens is 3. The number of benzene rings is 2. The second-order valence-electron chi connectivity index (χ2n) is 7.26. The number of hydrogen-bond donors (Lipinski definition) is 1. The van der Waals surface area contributed by atoms with E-state index in [1.165, 1.54) is 11.2 Å². The molecule has 0 bridgehead atoms. The number of nitrogens with one attached hydrogen (secondary N) is 1. The lowest BCUT2D eigenvalue weighted by Crippen LogP contribution is -2.34. The van der Waals surface area contributed by atoms with Crippen molar-refractivity contribution in [1.29, 1.82) is 0 Å². The molecule has 9 nitrogen and oxygen atoms in total. The van der Waals surface area contributed by atoms with Crippen LogP contribution < -0.4 is 14.8 Å². The first-order chi connectivity index (χ1) is 15.6. The normalized spacial score (nSPS) is 12.8. The fourth-order valence-electron chi connectivity index (χ4n) is 3.45. The van der Waals surface area contributed by atoms with Crippen LogP contribution in [0, 0.1) is 0 Å². The van der Waals surface area contributed by atoms with Gasteiger partial charge in [0.2, 0.25) is 11.8 Å². The van der Waals surface area contributed by atoms with Gasteiger partial charge in [-0.15, -0.1) is 0 Å². The van der Waals surface area contributed by atoms with Gasteiger partial charge < -0.3 is 19.7 Å². The van der Waals surface area contributed by atoms with E-state index in [-0.39, 0.29) is 24.8 Å². The summed E-state index contributed by atoms with van der Waals surface area (Å²) in [6.07, 6.45) is 6.72. The van der Waals surface area contributed by atoms with Crippen LogP contribution in [0.2, 0.25) is 0 Å². The van der Waals surface area contributed by atoms with Crippen molar-refractivity contribution in [3.63, 3.8) is 0 Å². The third kappa shape index (κ3) is 4.77. The number of carbonyl (C=O) groups excluding carboxylic acids is 2. The lowest BCUT2D eigenvalue weighted by atomic mass is 10.0. The summed E-state index contributed by atoms with van der Waals surface area (Å²) >= 11 is 0. The summed E-state index contributed by atoms with van der Waals surface area (Å²) in [6.45, 7) is 0.510. The molecule has 3 aromatic rings. The molecule has 2 aromatic carbocycles. The molecule has 0 spiro atoms. The summed E-state index contributed by atoms with van der Waals surface area (Å²) < 4.78 is 12.4. The van der Waals surface area contributed by atoms with Crippen molar-refractivity contribution in [2.75, 3.05) is 26.1 Å². The Labute approximate surface area is 185 Å². The summed E-state index contributed by atoms with van der Waals surface area (Å²) in [5.74, 6) is 0.686. The minimum atomic E-state index is -0.284.